The molecular weight excluding hydrogens is 657 g/mol. The zero-order valence-corrected chi connectivity index (χ0v) is 28.5. The number of hydrogen-bond acceptors (Lipinski definition) is 9. The number of nitrogens with one attached hydrogen (secondary N) is 2. The summed E-state index contributed by atoms with van der Waals surface area (Å²) >= 11 is 2.72. The van der Waals surface area contributed by atoms with Crippen molar-refractivity contribution in [3.63, 3.8) is 0 Å². The number of fused-ring (bicyclic) bond motifs is 1. The maximum Gasteiger partial charge on any atom is 0.407 e. The molecular formula is C34H36N4O6S3. The number of carbonyl (C=O) groups is 2. The summed E-state index contributed by atoms with van der Waals surface area (Å²) in [4.78, 5) is 32.0. The van der Waals surface area contributed by atoms with E-state index in [2.05, 4.69) is 15.6 Å². The number of thiazole rings is 1. The number of hydrogen-bond donors (Lipinski definition) is 3. The van der Waals surface area contributed by atoms with Crippen LogP contribution in [0, 0.1) is 0 Å². The number of aliphatic hydroxyl groups excluding tert-OH is 1. The van der Waals surface area contributed by atoms with Crippen molar-refractivity contribution in [3.05, 3.63) is 117 Å². The highest BCUT2D eigenvalue weighted by atomic mass is 32.2. The van der Waals surface area contributed by atoms with E-state index in [1.54, 1.807) is 49.7 Å². The zero-order valence-electron chi connectivity index (χ0n) is 26.1. The van der Waals surface area contributed by atoms with E-state index in [0.717, 1.165) is 20.7 Å². The van der Waals surface area contributed by atoms with Crippen LogP contribution in [0.5, 0.6) is 0 Å². The fourth-order valence-electron chi connectivity index (χ4n) is 5.56. The minimum atomic E-state index is -4.01. The summed E-state index contributed by atoms with van der Waals surface area (Å²) in [6.07, 6.45) is -0.741. The molecule has 0 radical (unpaired) electrons. The number of amides is 2. The average molecular weight is 693 g/mol. The van der Waals surface area contributed by atoms with Gasteiger partial charge in [-0.3, -0.25) is 4.79 Å². The molecule has 5 aromatic rings. The molecule has 3 N–H and O–H groups in total. The molecule has 2 amide bonds. The lowest BCUT2D eigenvalue weighted by Crippen LogP contribution is -2.50. The molecule has 0 aliphatic rings. The molecule has 0 saturated carbocycles. The van der Waals surface area contributed by atoms with Crippen LogP contribution in [0.2, 0.25) is 0 Å². The molecule has 1 unspecified atom stereocenters. The molecule has 0 fully saturated rings. The van der Waals surface area contributed by atoms with Crippen molar-refractivity contribution >= 4 is 54.9 Å². The van der Waals surface area contributed by atoms with Crippen LogP contribution in [0.25, 0.3) is 10.2 Å². The Bertz CT molecular complexity index is 1870. The molecule has 3 aromatic carbocycles. The van der Waals surface area contributed by atoms with Gasteiger partial charge >= 0.3 is 6.09 Å². The Morgan fingerprint density at radius 1 is 0.957 bits per heavy atom. The van der Waals surface area contributed by atoms with Crippen LogP contribution >= 0.6 is 22.7 Å². The maximum atomic E-state index is 13.9. The summed E-state index contributed by atoms with van der Waals surface area (Å²) in [7, 11) is -2.77. The van der Waals surface area contributed by atoms with E-state index >= 15 is 0 Å². The maximum absolute atomic E-state index is 13.9. The molecule has 0 spiro atoms. The zero-order chi connectivity index (χ0) is 33.6. The van der Waals surface area contributed by atoms with Gasteiger partial charge in [0, 0.05) is 21.7 Å². The lowest BCUT2D eigenvalue weighted by molar-refractivity contribution is -0.123. The van der Waals surface area contributed by atoms with Crippen molar-refractivity contribution in [2.45, 2.75) is 49.3 Å². The van der Waals surface area contributed by atoms with Crippen LogP contribution in [0.3, 0.4) is 0 Å². The summed E-state index contributed by atoms with van der Waals surface area (Å²) < 4.78 is 34.9. The second kappa shape index (κ2) is 15.2. The minimum Gasteiger partial charge on any atom is -0.453 e. The van der Waals surface area contributed by atoms with E-state index in [4.69, 9.17) is 4.74 Å². The summed E-state index contributed by atoms with van der Waals surface area (Å²) in [5.74, 6) is -0.937. The molecule has 13 heteroatoms. The van der Waals surface area contributed by atoms with Crippen molar-refractivity contribution < 1.29 is 27.9 Å². The van der Waals surface area contributed by atoms with E-state index < -0.39 is 52.7 Å². The molecule has 2 aromatic heterocycles. The number of nitrogens with zero attached hydrogens (tertiary/aromatic N) is 2. The molecule has 0 aliphatic carbocycles. The number of benzene rings is 3. The first-order chi connectivity index (χ1) is 22.6. The molecule has 10 nitrogen and oxygen atoms in total. The van der Waals surface area contributed by atoms with Gasteiger partial charge in [-0.2, -0.15) is 4.31 Å². The van der Waals surface area contributed by atoms with Gasteiger partial charge in [-0.05, 0) is 55.3 Å². The van der Waals surface area contributed by atoms with E-state index in [1.807, 2.05) is 60.7 Å². The molecule has 2 atom stereocenters. The number of sulfonamides is 1. The van der Waals surface area contributed by atoms with Crippen molar-refractivity contribution in [1.29, 1.82) is 0 Å². The van der Waals surface area contributed by atoms with Crippen LogP contribution in [0.4, 0.5) is 4.79 Å². The topological polar surface area (TPSA) is 138 Å². The molecule has 0 saturated heterocycles. The van der Waals surface area contributed by atoms with Crippen LogP contribution in [-0.2, 0) is 26.1 Å². The van der Waals surface area contributed by atoms with E-state index in [-0.39, 0.29) is 11.4 Å². The lowest BCUT2D eigenvalue weighted by atomic mass is 9.84. The number of carbonyl (C=O) groups excluding carboxylic acids is 2. The van der Waals surface area contributed by atoms with E-state index in [9.17, 15) is 23.1 Å². The highest BCUT2D eigenvalue weighted by Crippen LogP contribution is 2.35. The second-order valence-corrected chi connectivity index (χ2v) is 15.0. The van der Waals surface area contributed by atoms with Crippen molar-refractivity contribution in [2.75, 3.05) is 13.7 Å². The SMILES string of the molecule is COC(=O)N[C@H](C(=O)NCc1ccc(C(CO)N(C(C)C)S(=O)(=O)c2ccc3scnc3c2)s1)C(c1ccccc1)c1ccccc1. The molecule has 5 rings (SSSR count). The molecule has 246 valence electrons. The third kappa shape index (κ3) is 7.71. The highest BCUT2D eigenvalue weighted by molar-refractivity contribution is 7.89. The van der Waals surface area contributed by atoms with Gasteiger partial charge in [0.1, 0.15) is 6.04 Å². The Hall–Kier alpha value is -4.14. The first-order valence-corrected chi connectivity index (χ1v) is 18.1. The Morgan fingerprint density at radius 2 is 1.62 bits per heavy atom. The highest BCUT2D eigenvalue weighted by Gasteiger charge is 2.36. The number of aliphatic hydroxyl groups is 1. The summed E-state index contributed by atoms with van der Waals surface area (Å²) in [5.41, 5.74) is 3.93. The normalized spacial score (nSPS) is 13.2. The monoisotopic (exact) mass is 692 g/mol. The summed E-state index contributed by atoms with van der Waals surface area (Å²) in [5, 5.41) is 16.2. The summed E-state index contributed by atoms with van der Waals surface area (Å²) in [6.45, 7) is 3.21. The third-order valence-electron chi connectivity index (χ3n) is 7.71. The lowest BCUT2D eigenvalue weighted by Gasteiger charge is -2.32. The average Bonchev–Trinajstić information content (AvgIpc) is 3.76. The third-order valence-corrected chi connectivity index (χ3v) is 11.8. The first-order valence-electron chi connectivity index (χ1n) is 14.9. The Morgan fingerprint density at radius 3 is 2.21 bits per heavy atom. The number of thiophene rings is 1. The number of rotatable bonds is 13. The number of ether oxygens (including phenoxy) is 1. The van der Waals surface area contributed by atoms with Gasteiger partial charge in [0.15, 0.2) is 0 Å². The van der Waals surface area contributed by atoms with Crippen molar-refractivity contribution in [1.82, 2.24) is 19.9 Å². The van der Waals surface area contributed by atoms with Gasteiger partial charge in [0.05, 0.1) is 46.9 Å². The largest absolute Gasteiger partial charge is 0.453 e. The van der Waals surface area contributed by atoms with Crippen molar-refractivity contribution in [3.8, 4) is 0 Å². The quantitative estimate of drug-likeness (QED) is 0.145. The number of aromatic nitrogens is 1. The van der Waals surface area contributed by atoms with Gasteiger partial charge < -0.3 is 20.5 Å². The second-order valence-electron chi connectivity index (χ2n) is 11.0. The van der Waals surface area contributed by atoms with Gasteiger partial charge in [0.25, 0.3) is 0 Å². The van der Waals surface area contributed by atoms with Gasteiger partial charge in [-0.15, -0.1) is 22.7 Å². The number of methoxy groups -OCH3 is 1. The van der Waals surface area contributed by atoms with Gasteiger partial charge in [0.2, 0.25) is 15.9 Å². The Balaban J connectivity index is 1.38. The predicted molar refractivity (Wildman–Crippen MR) is 184 cm³/mol. The minimum absolute atomic E-state index is 0.0997. The van der Waals surface area contributed by atoms with Gasteiger partial charge in [-0.1, -0.05) is 60.7 Å². The van der Waals surface area contributed by atoms with Crippen LogP contribution in [0.15, 0.2) is 101 Å². The van der Waals surface area contributed by atoms with Gasteiger partial charge in [-0.25, -0.2) is 18.2 Å². The van der Waals surface area contributed by atoms with Crippen molar-refractivity contribution in [2.24, 2.45) is 0 Å². The van der Waals surface area contributed by atoms with Crippen LogP contribution < -0.4 is 10.6 Å². The molecule has 2 heterocycles. The first kappa shape index (κ1) is 34.2. The predicted octanol–water partition coefficient (Wildman–Crippen LogP) is 5.66. The Kier molecular flexibility index (Phi) is 11.0. The molecule has 0 aliphatic heterocycles. The molecule has 47 heavy (non-hydrogen) atoms. The van der Waals surface area contributed by atoms with E-state index in [0.29, 0.717) is 10.4 Å². The summed E-state index contributed by atoms with van der Waals surface area (Å²) in [6, 6.07) is 25.0. The fourth-order valence-corrected chi connectivity index (χ4v) is 9.14. The molecule has 0 bridgehead atoms. The number of alkyl carbamates (subject to hydrolysis) is 1. The smallest absolute Gasteiger partial charge is 0.407 e. The van der Waals surface area contributed by atoms with E-state index in [1.165, 1.54) is 34.1 Å². The van der Waals surface area contributed by atoms with Crippen LogP contribution in [-0.4, -0.2) is 60.6 Å². The van der Waals surface area contributed by atoms with Crippen LogP contribution in [0.1, 0.15) is 46.7 Å². The fraction of sp³-hybridized carbons (Fsp3) is 0.265. The Labute approximate surface area is 282 Å². The standard InChI is InChI=1S/C34H36N4O6S3/c1-22(2)38(47(42,43)26-15-17-29-27(18-26)36-21-45-29)28(20-39)30-16-14-25(46-30)19-35-33(40)32(37-34(41)44-3)31(23-10-6-4-7-11-23)24-12-8-5-9-13-24/h4-18,21-22,28,31-32,39H,19-20H2,1-3H3,(H,35,40)(H,37,41)/t28?,32-/m0/s1.